The molecular formula is C16H21ClN4S. The summed E-state index contributed by atoms with van der Waals surface area (Å²) in [4.78, 5) is 2.42. The number of nitrogens with zero attached hydrogens (tertiary/aromatic N) is 4. The average molecular weight is 337 g/mol. The van der Waals surface area contributed by atoms with Crippen LogP contribution in [0, 0.1) is 10.7 Å². The number of halogens is 1. The van der Waals surface area contributed by atoms with Crippen LogP contribution in [0.5, 0.6) is 0 Å². The van der Waals surface area contributed by atoms with Gasteiger partial charge in [-0.3, -0.25) is 4.90 Å². The average Bonchev–Trinajstić information content (AvgIpc) is 2.78. The summed E-state index contributed by atoms with van der Waals surface area (Å²) in [5, 5.41) is 5.40. The molecule has 22 heavy (non-hydrogen) atoms. The van der Waals surface area contributed by atoms with Gasteiger partial charge in [0.15, 0.2) is 10.6 Å². The highest BCUT2D eigenvalue weighted by Gasteiger charge is 2.18. The smallest absolute Gasteiger partial charge is 0.199 e. The highest BCUT2D eigenvalue weighted by Crippen LogP contribution is 2.26. The first-order valence-electron chi connectivity index (χ1n) is 7.67. The maximum Gasteiger partial charge on any atom is 0.199 e. The molecule has 0 radical (unpaired) electrons. The minimum absolute atomic E-state index is 0.699. The highest BCUT2D eigenvalue weighted by molar-refractivity contribution is 7.71. The molecule has 0 N–H and O–H groups in total. The van der Waals surface area contributed by atoms with E-state index in [1.807, 2.05) is 40.6 Å². The van der Waals surface area contributed by atoms with Crippen molar-refractivity contribution in [3.63, 3.8) is 0 Å². The van der Waals surface area contributed by atoms with Gasteiger partial charge in [-0.1, -0.05) is 30.7 Å². The molecule has 0 bridgehead atoms. The third kappa shape index (κ3) is 3.12. The van der Waals surface area contributed by atoms with Gasteiger partial charge in [-0.25, -0.2) is 4.68 Å². The van der Waals surface area contributed by atoms with Crippen LogP contribution in [0.4, 0.5) is 0 Å². The monoisotopic (exact) mass is 336 g/mol. The van der Waals surface area contributed by atoms with Gasteiger partial charge in [-0.05, 0) is 43.1 Å². The van der Waals surface area contributed by atoms with E-state index < -0.39 is 0 Å². The molecule has 0 saturated carbocycles. The van der Waals surface area contributed by atoms with Crippen molar-refractivity contribution in [3.05, 3.63) is 34.1 Å². The van der Waals surface area contributed by atoms with Gasteiger partial charge in [-0.2, -0.15) is 5.10 Å². The lowest BCUT2D eigenvalue weighted by Crippen LogP contribution is -2.34. The van der Waals surface area contributed by atoms with Gasteiger partial charge in [0, 0.05) is 25.7 Å². The predicted octanol–water partition coefficient (Wildman–Crippen LogP) is 3.96. The van der Waals surface area contributed by atoms with Crippen LogP contribution in [0.25, 0.3) is 11.4 Å². The Hall–Kier alpha value is -1.17. The van der Waals surface area contributed by atoms with Crippen LogP contribution in [-0.4, -0.2) is 32.3 Å². The van der Waals surface area contributed by atoms with E-state index in [4.69, 9.17) is 28.9 Å². The molecule has 1 fully saturated rings. The van der Waals surface area contributed by atoms with Crippen molar-refractivity contribution in [2.45, 2.75) is 26.4 Å². The summed E-state index contributed by atoms with van der Waals surface area (Å²) in [6.45, 7) is 5.30. The number of hydrogen-bond acceptors (Lipinski definition) is 3. The van der Waals surface area contributed by atoms with E-state index in [1.54, 1.807) is 0 Å². The van der Waals surface area contributed by atoms with Crippen LogP contribution in [0.1, 0.15) is 19.8 Å². The Morgan fingerprint density at radius 2 is 1.95 bits per heavy atom. The number of benzene rings is 1. The molecule has 1 saturated heterocycles. The van der Waals surface area contributed by atoms with E-state index in [0.717, 1.165) is 41.8 Å². The first kappa shape index (κ1) is 15.7. The molecule has 1 aliphatic rings. The molecule has 0 unspecified atom stereocenters. The van der Waals surface area contributed by atoms with Crippen LogP contribution in [-0.2, 0) is 13.7 Å². The maximum absolute atomic E-state index is 6.29. The minimum atomic E-state index is 0.699. The molecular weight excluding hydrogens is 316 g/mol. The van der Waals surface area contributed by atoms with E-state index in [0.29, 0.717) is 5.02 Å². The van der Waals surface area contributed by atoms with E-state index in [1.165, 1.54) is 12.8 Å². The van der Waals surface area contributed by atoms with Crippen molar-refractivity contribution in [1.82, 2.24) is 19.2 Å². The Morgan fingerprint density at radius 1 is 1.27 bits per heavy atom. The van der Waals surface area contributed by atoms with E-state index >= 15 is 0 Å². The van der Waals surface area contributed by atoms with Gasteiger partial charge in [0.1, 0.15) is 0 Å². The first-order chi connectivity index (χ1) is 10.6. The summed E-state index contributed by atoms with van der Waals surface area (Å²) < 4.78 is 4.57. The first-order valence-corrected chi connectivity index (χ1v) is 8.46. The normalized spacial score (nSPS) is 17.0. The zero-order valence-corrected chi connectivity index (χ0v) is 14.6. The third-order valence-electron chi connectivity index (χ3n) is 4.37. The molecule has 4 nitrogen and oxygen atoms in total. The van der Waals surface area contributed by atoms with Gasteiger partial charge in [0.2, 0.25) is 0 Å². The molecule has 2 aromatic rings. The highest BCUT2D eigenvalue weighted by atomic mass is 35.5. The van der Waals surface area contributed by atoms with E-state index in [-0.39, 0.29) is 0 Å². The summed E-state index contributed by atoms with van der Waals surface area (Å²) in [7, 11) is 1.95. The van der Waals surface area contributed by atoms with Crippen LogP contribution < -0.4 is 0 Å². The molecule has 1 aliphatic heterocycles. The summed E-state index contributed by atoms with van der Waals surface area (Å²) in [5.74, 6) is 1.65. The molecule has 6 heteroatoms. The van der Waals surface area contributed by atoms with Gasteiger partial charge < -0.3 is 4.57 Å². The lowest BCUT2D eigenvalue weighted by molar-refractivity contribution is 0.146. The molecule has 0 atom stereocenters. The Bertz CT molecular complexity index is 713. The number of piperidine rings is 1. The van der Waals surface area contributed by atoms with Crippen molar-refractivity contribution < 1.29 is 0 Å². The van der Waals surface area contributed by atoms with Crippen molar-refractivity contribution >= 4 is 23.8 Å². The molecule has 1 aromatic heterocycles. The van der Waals surface area contributed by atoms with Crippen LogP contribution in [0.3, 0.4) is 0 Å². The lowest BCUT2D eigenvalue weighted by Gasteiger charge is -2.29. The zero-order chi connectivity index (χ0) is 15.7. The lowest BCUT2D eigenvalue weighted by atomic mass is 10.00. The van der Waals surface area contributed by atoms with Crippen LogP contribution in [0.2, 0.25) is 5.02 Å². The number of hydrogen-bond donors (Lipinski definition) is 0. The summed E-state index contributed by atoms with van der Waals surface area (Å²) in [6, 6.07) is 7.75. The fourth-order valence-corrected chi connectivity index (χ4v) is 3.26. The number of likely N-dealkylation sites (tertiary alicyclic amines) is 1. The summed E-state index contributed by atoms with van der Waals surface area (Å²) >= 11 is 11.8. The maximum atomic E-state index is 6.29. The van der Waals surface area contributed by atoms with Gasteiger partial charge in [0.25, 0.3) is 0 Å². The Labute approximate surface area is 141 Å². The fourth-order valence-electron chi connectivity index (χ4n) is 2.85. The number of rotatable bonds is 3. The molecule has 2 heterocycles. The summed E-state index contributed by atoms with van der Waals surface area (Å²) in [6.07, 6.45) is 2.50. The Morgan fingerprint density at radius 3 is 2.64 bits per heavy atom. The van der Waals surface area contributed by atoms with Gasteiger partial charge in [0.05, 0.1) is 11.7 Å². The molecule has 0 aliphatic carbocycles. The molecule has 1 aromatic carbocycles. The van der Waals surface area contributed by atoms with Crippen molar-refractivity contribution in [2.75, 3.05) is 13.1 Å². The quantitative estimate of drug-likeness (QED) is 0.793. The topological polar surface area (TPSA) is 26.0 Å². The standard InChI is InChI=1S/C16H21ClN4S/c1-12-7-9-20(10-8-12)11-21-16(22)19(2)15(18-21)13-5-3-4-6-14(13)17/h3-6,12H,7-11H2,1-2H3. The molecule has 118 valence electrons. The third-order valence-corrected chi connectivity index (χ3v) is 5.18. The van der Waals surface area contributed by atoms with Crippen molar-refractivity contribution in [2.24, 2.45) is 13.0 Å². The fraction of sp³-hybridized carbons (Fsp3) is 0.500. The molecule has 0 amide bonds. The van der Waals surface area contributed by atoms with Crippen LogP contribution in [0.15, 0.2) is 24.3 Å². The second kappa shape index (κ2) is 6.52. The minimum Gasteiger partial charge on any atom is -0.303 e. The second-order valence-electron chi connectivity index (χ2n) is 6.09. The summed E-state index contributed by atoms with van der Waals surface area (Å²) in [5.41, 5.74) is 0.920. The SMILES string of the molecule is CC1CCN(Cn2nc(-c3ccccc3Cl)n(C)c2=S)CC1. The largest absolute Gasteiger partial charge is 0.303 e. The molecule has 3 rings (SSSR count). The van der Waals surface area contributed by atoms with Crippen molar-refractivity contribution in [3.8, 4) is 11.4 Å². The van der Waals surface area contributed by atoms with Crippen molar-refractivity contribution in [1.29, 1.82) is 0 Å². The predicted molar refractivity (Wildman–Crippen MR) is 92.4 cm³/mol. The second-order valence-corrected chi connectivity index (χ2v) is 6.86. The van der Waals surface area contributed by atoms with Gasteiger partial charge in [-0.15, -0.1) is 0 Å². The molecule has 0 spiro atoms. The Balaban J connectivity index is 1.87. The number of aromatic nitrogens is 3. The van der Waals surface area contributed by atoms with E-state index in [9.17, 15) is 0 Å². The van der Waals surface area contributed by atoms with E-state index in [2.05, 4.69) is 11.8 Å². The van der Waals surface area contributed by atoms with Crippen LogP contribution >= 0.6 is 23.8 Å². The Kier molecular flexibility index (Phi) is 4.66. The van der Waals surface area contributed by atoms with Gasteiger partial charge >= 0.3 is 0 Å². The zero-order valence-electron chi connectivity index (χ0n) is 13.0.